The molecule has 10 heteroatoms. The van der Waals surface area contributed by atoms with Gasteiger partial charge in [-0.1, -0.05) is 107 Å². The molecule has 0 aliphatic heterocycles. The van der Waals surface area contributed by atoms with Gasteiger partial charge < -0.3 is 15.0 Å². The van der Waals surface area contributed by atoms with Crippen LogP contribution in [0.5, 0.6) is 11.5 Å². The molecular formula is C42H42BrN3O5S. The van der Waals surface area contributed by atoms with E-state index in [1.165, 1.54) is 4.90 Å². The molecule has 8 nitrogen and oxygen atoms in total. The Balaban J connectivity index is 1.39. The van der Waals surface area contributed by atoms with E-state index >= 15 is 0 Å². The van der Waals surface area contributed by atoms with E-state index in [9.17, 15) is 18.0 Å². The molecule has 6 rings (SSSR count). The summed E-state index contributed by atoms with van der Waals surface area (Å²) >= 11 is 3.54. The van der Waals surface area contributed by atoms with Crippen molar-refractivity contribution in [1.82, 2.24) is 10.2 Å². The van der Waals surface area contributed by atoms with Crippen molar-refractivity contribution in [2.75, 3.05) is 10.8 Å². The number of amides is 2. The largest absolute Gasteiger partial charge is 0.457 e. The minimum absolute atomic E-state index is 0.0311. The fraction of sp³-hybridized carbons (Fsp3) is 0.238. The number of hydrogen-bond donors (Lipinski definition) is 1. The molecule has 0 aromatic heterocycles. The molecule has 1 atom stereocenters. The first-order valence-corrected chi connectivity index (χ1v) is 19.7. The van der Waals surface area contributed by atoms with Crippen molar-refractivity contribution < 1.29 is 22.7 Å². The van der Waals surface area contributed by atoms with Gasteiger partial charge in [0.1, 0.15) is 24.1 Å². The normalized spacial score (nSPS) is 13.7. The zero-order chi connectivity index (χ0) is 36.5. The minimum atomic E-state index is -4.24. The van der Waals surface area contributed by atoms with Crippen molar-refractivity contribution in [3.8, 4) is 11.5 Å². The third-order valence-electron chi connectivity index (χ3n) is 9.21. The molecule has 0 spiro atoms. The monoisotopic (exact) mass is 779 g/mol. The molecule has 5 aromatic carbocycles. The molecule has 1 N–H and O–H groups in total. The molecule has 0 radical (unpaired) electrons. The quantitative estimate of drug-likeness (QED) is 0.122. The van der Waals surface area contributed by atoms with Crippen LogP contribution in [0.4, 0.5) is 5.69 Å². The molecule has 1 fully saturated rings. The summed E-state index contributed by atoms with van der Waals surface area (Å²) in [5.41, 5.74) is 2.87. The lowest BCUT2D eigenvalue weighted by molar-refractivity contribution is -0.140. The van der Waals surface area contributed by atoms with Gasteiger partial charge in [0.25, 0.3) is 10.0 Å². The van der Waals surface area contributed by atoms with Gasteiger partial charge in [-0.15, -0.1) is 0 Å². The van der Waals surface area contributed by atoms with Gasteiger partial charge in [0, 0.05) is 23.5 Å². The van der Waals surface area contributed by atoms with Gasteiger partial charge in [-0.3, -0.25) is 13.9 Å². The zero-order valence-electron chi connectivity index (χ0n) is 29.0. The Morgan fingerprint density at radius 2 is 1.40 bits per heavy atom. The highest BCUT2D eigenvalue weighted by Gasteiger charge is 2.35. The predicted molar refractivity (Wildman–Crippen MR) is 208 cm³/mol. The third-order valence-corrected chi connectivity index (χ3v) is 11.5. The number of aryl methyl sites for hydroxylation is 1. The Labute approximate surface area is 314 Å². The molecule has 0 bridgehead atoms. The number of carbonyl (C=O) groups excluding carboxylic acids is 2. The first kappa shape index (κ1) is 36.8. The van der Waals surface area contributed by atoms with Gasteiger partial charge in [-0.2, -0.15) is 0 Å². The Hall–Kier alpha value is -4.93. The fourth-order valence-electron chi connectivity index (χ4n) is 6.42. The summed E-state index contributed by atoms with van der Waals surface area (Å²) in [6.07, 6.45) is 4.10. The van der Waals surface area contributed by atoms with Crippen LogP contribution in [0.3, 0.4) is 0 Å². The van der Waals surface area contributed by atoms with Gasteiger partial charge >= 0.3 is 0 Å². The van der Waals surface area contributed by atoms with Crippen molar-refractivity contribution in [2.24, 2.45) is 0 Å². The highest BCUT2D eigenvalue weighted by atomic mass is 79.9. The highest BCUT2D eigenvalue weighted by molar-refractivity contribution is 9.10. The maximum atomic E-state index is 14.8. The third kappa shape index (κ3) is 9.48. The number of nitrogens with zero attached hydrogens (tertiary/aromatic N) is 2. The van der Waals surface area contributed by atoms with E-state index in [4.69, 9.17) is 4.74 Å². The lowest BCUT2D eigenvalue weighted by Gasteiger charge is -2.34. The molecule has 1 aliphatic rings. The van der Waals surface area contributed by atoms with E-state index < -0.39 is 28.5 Å². The predicted octanol–water partition coefficient (Wildman–Crippen LogP) is 8.44. The van der Waals surface area contributed by atoms with Gasteiger partial charge in [0.2, 0.25) is 11.8 Å². The van der Waals surface area contributed by atoms with Crippen LogP contribution in [0.2, 0.25) is 0 Å². The molecule has 2 amide bonds. The zero-order valence-corrected chi connectivity index (χ0v) is 31.4. The highest BCUT2D eigenvalue weighted by Crippen LogP contribution is 2.29. The standard InChI is InChI=1S/C42H42BrN3O5S/c1-31-19-25-39(26-20-31)52(49,50)46(36-21-23-38(24-22-36)51-37-17-6-3-7-18-37)30-41(47)45(29-33-13-10-14-34(43)27-33)40(28-32-11-4-2-5-12-32)42(48)44-35-15-8-9-16-35/h2-7,10-14,17-27,35,40H,8-9,15-16,28-30H2,1H3,(H,44,48)/t40-/m0/s1. The summed E-state index contributed by atoms with van der Waals surface area (Å²) in [7, 11) is -4.24. The lowest BCUT2D eigenvalue weighted by Crippen LogP contribution is -2.54. The van der Waals surface area contributed by atoms with Crippen LogP contribution in [0.15, 0.2) is 143 Å². The van der Waals surface area contributed by atoms with Crippen molar-refractivity contribution in [1.29, 1.82) is 0 Å². The van der Waals surface area contributed by atoms with E-state index in [1.807, 2.05) is 91.9 Å². The number of ether oxygens (including phenoxy) is 1. The van der Waals surface area contributed by atoms with E-state index in [0.717, 1.165) is 51.2 Å². The molecule has 0 heterocycles. The molecular weight excluding hydrogens is 738 g/mol. The van der Waals surface area contributed by atoms with E-state index in [0.29, 0.717) is 11.5 Å². The smallest absolute Gasteiger partial charge is 0.264 e. The lowest BCUT2D eigenvalue weighted by atomic mass is 10.0. The summed E-state index contributed by atoms with van der Waals surface area (Å²) < 4.78 is 36.8. The summed E-state index contributed by atoms with van der Waals surface area (Å²) in [5.74, 6) is 0.382. The van der Waals surface area contributed by atoms with Crippen LogP contribution in [0.1, 0.15) is 42.4 Å². The average molecular weight is 781 g/mol. The van der Waals surface area contributed by atoms with E-state index in [2.05, 4.69) is 21.2 Å². The van der Waals surface area contributed by atoms with Gasteiger partial charge in [-0.05, 0) is 91.6 Å². The average Bonchev–Trinajstić information content (AvgIpc) is 3.66. The number of benzene rings is 5. The Bertz CT molecular complexity index is 2060. The molecule has 1 saturated carbocycles. The maximum Gasteiger partial charge on any atom is 0.264 e. The molecule has 52 heavy (non-hydrogen) atoms. The Kier molecular flexibility index (Phi) is 12.1. The Morgan fingerprint density at radius 1 is 0.788 bits per heavy atom. The number of sulfonamides is 1. The number of para-hydroxylation sites is 1. The number of anilines is 1. The molecule has 5 aromatic rings. The van der Waals surface area contributed by atoms with Crippen LogP contribution in [0, 0.1) is 6.92 Å². The first-order chi connectivity index (χ1) is 25.2. The van der Waals surface area contributed by atoms with Gasteiger partial charge in [0.05, 0.1) is 10.6 Å². The van der Waals surface area contributed by atoms with Crippen LogP contribution in [-0.2, 0) is 32.6 Å². The SMILES string of the molecule is Cc1ccc(S(=O)(=O)N(CC(=O)N(Cc2cccc(Br)c2)[C@@H](Cc2ccccc2)C(=O)NC2CCCC2)c2ccc(Oc3ccccc3)cc2)cc1. The summed E-state index contributed by atoms with van der Waals surface area (Å²) in [5, 5.41) is 3.22. The molecule has 0 saturated heterocycles. The summed E-state index contributed by atoms with van der Waals surface area (Å²) in [6.45, 7) is 1.44. The van der Waals surface area contributed by atoms with Crippen LogP contribution >= 0.6 is 15.9 Å². The molecule has 268 valence electrons. The van der Waals surface area contributed by atoms with Crippen LogP contribution < -0.4 is 14.4 Å². The van der Waals surface area contributed by atoms with Crippen molar-refractivity contribution in [3.63, 3.8) is 0 Å². The first-order valence-electron chi connectivity index (χ1n) is 17.5. The topological polar surface area (TPSA) is 96.0 Å². The van der Waals surface area contributed by atoms with Crippen LogP contribution in [-0.4, -0.2) is 43.8 Å². The second-order valence-electron chi connectivity index (χ2n) is 13.1. The number of rotatable bonds is 14. The van der Waals surface area contributed by atoms with Crippen LogP contribution in [0.25, 0.3) is 0 Å². The van der Waals surface area contributed by atoms with Gasteiger partial charge in [-0.25, -0.2) is 8.42 Å². The number of halogens is 1. The number of hydrogen-bond acceptors (Lipinski definition) is 5. The number of carbonyl (C=O) groups is 2. The van der Waals surface area contributed by atoms with E-state index in [1.54, 1.807) is 48.5 Å². The maximum absolute atomic E-state index is 14.8. The fourth-order valence-corrected chi connectivity index (χ4v) is 8.29. The van der Waals surface area contributed by atoms with Crippen molar-refractivity contribution in [3.05, 3.63) is 155 Å². The van der Waals surface area contributed by atoms with E-state index in [-0.39, 0.29) is 35.5 Å². The second kappa shape index (κ2) is 17.1. The van der Waals surface area contributed by atoms with Gasteiger partial charge in [0.15, 0.2) is 0 Å². The minimum Gasteiger partial charge on any atom is -0.457 e. The van der Waals surface area contributed by atoms with Crippen molar-refractivity contribution >= 4 is 43.5 Å². The molecule has 0 unspecified atom stereocenters. The second-order valence-corrected chi connectivity index (χ2v) is 15.9. The Morgan fingerprint density at radius 3 is 2.06 bits per heavy atom. The summed E-state index contributed by atoms with van der Waals surface area (Å²) in [6, 6.07) is 38.7. The van der Waals surface area contributed by atoms with Crippen molar-refractivity contribution in [2.45, 2.75) is 62.6 Å². The number of nitrogens with one attached hydrogen (secondary N) is 1. The molecule has 1 aliphatic carbocycles. The summed E-state index contributed by atoms with van der Waals surface area (Å²) in [4.78, 5) is 30.7.